The maximum atomic E-state index is 14.0. The zero-order chi connectivity index (χ0) is 21.1. The van der Waals surface area contributed by atoms with E-state index in [1.807, 2.05) is 12.1 Å². The number of fused-ring (bicyclic) bond motifs is 1. The molecular weight excluding hydrogens is 383 g/mol. The molecule has 6 nitrogen and oxygen atoms in total. The molecule has 0 bridgehead atoms. The molecule has 0 aliphatic carbocycles. The number of hydrogen-bond donors (Lipinski definition) is 1. The zero-order valence-electron chi connectivity index (χ0n) is 16.3. The van der Waals surface area contributed by atoms with Crippen LogP contribution in [0.4, 0.5) is 4.39 Å². The van der Waals surface area contributed by atoms with Gasteiger partial charge in [0.05, 0.1) is 40.9 Å². The first-order chi connectivity index (χ1) is 14.5. The number of amides is 1. The van der Waals surface area contributed by atoms with Crippen LogP contribution in [0.15, 0.2) is 71.8 Å². The summed E-state index contributed by atoms with van der Waals surface area (Å²) in [6.45, 7) is 2.08. The lowest BCUT2D eigenvalue weighted by atomic mass is 10.1. The Balaban J connectivity index is 1.65. The van der Waals surface area contributed by atoms with Gasteiger partial charge in [0, 0.05) is 18.0 Å². The molecule has 4 rings (SSSR count). The van der Waals surface area contributed by atoms with Gasteiger partial charge in [-0.25, -0.2) is 4.39 Å². The molecule has 0 radical (unpaired) electrons. The maximum Gasteiger partial charge on any atom is 0.260 e. The second kappa shape index (κ2) is 8.24. The molecule has 1 N–H and O–H groups in total. The van der Waals surface area contributed by atoms with Crippen LogP contribution in [0.2, 0.25) is 0 Å². The molecule has 7 heteroatoms. The van der Waals surface area contributed by atoms with Crippen molar-refractivity contribution in [3.05, 3.63) is 106 Å². The zero-order valence-corrected chi connectivity index (χ0v) is 16.3. The van der Waals surface area contributed by atoms with Crippen LogP contribution in [0.1, 0.15) is 27.3 Å². The molecule has 150 valence electrons. The lowest BCUT2D eigenvalue weighted by Crippen LogP contribution is -2.26. The van der Waals surface area contributed by atoms with Crippen molar-refractivity contribution in [3.8, 4) is 0 Å². The average Bonchev–Trinajstić information content (AvgIpc) is 2.76. The van der Waals surface area contributed by atoms with Gasteiger partial charge in [-0.1, -0.05) is 24.3 Å². The first-order valence-corrected chi connectivity index (χ1v) is 9.45. The van der Waals surface area contributed by atoms with E-state index in [0.717, 1.165) is 5.69 Å². The van der Waals surface area contributed by atoms with Crippen molar-refractivity contribution in [1.29, 1.82) is 0 Å². The summed E-state index contributed by atoms with van der Waals surface area (Å²) in [6.07, 6.45) is 3.24. The summed E-state index contributed by atoms with van der Waals surface area (Å²) in [7, 11) is 0. The number of rotatable bonds is 5. The molecule has 30 heavy (non-hydrogen) atoms. The average molecular weight is 402 g/mol. The Morgan fingerprint density at radius 1 is 1.13 bits per heavy atom. The van der Waals surface area contributed by atoms with Crippen LogP contribution in [0.3, 0.4) is 0 Å². The molecule has 1 amide bonds. The summed E-state index contributed by atoms with van der Waals surface area (Å²) in [5, 5.41) is 3.11. The van der Waals surface area contributed by atoms with Crippen LogP contribution in [0, 0.1) is 12.7 Å². The topological polar surface area (TPSA) is 76.9 Å². The summed E-state index contributed by atoms with van der Waals surface area (Å²) in [4.78, 5) is 34.2. The lowest BCUT2D eigenvalue weighted by molar-refractivity contribution is 0.0949. The van der Waals surface area contributed by atoms with E-state index in [2.05, 4.69) is 15.3 Å². The van der Waals surface area contributed by atoms with Gasteiger partial charge in [-0.2, -0.15) is 0 Å². The highest BCUT2D eigenvalue weighted by atomic mass is 19.1. The van der Waals surface area contributed by atoms with E-state index in [9.17, 15) is 14.0 Å². The second-order valence-electron chi connectivity index (χ2n) is 6.90. The van der Waals surface area contributed by atoms with Gasteiger partial charge in [0.2, 0.25) is 0 Å². The minimum atomic E-state index is -0.374. The van der Waals surface area contributed by atoms with Gasteiger partial charge in [-0.15, -0.1) is 0 Å². The minimum Gasteiger partial charge on any atom is -0.346 e. The van der Waals surface area contributed by atoms with Crippen molar-refractivity contribution in [2.75, 3.05) is 0 Å². The van der Waals surface area contributed by atoms with Gasteiger partial charge in [0.15, 0.2) is 0 Å². The Morgan fingerprint density at radius 3 is 2.70 bits per heavy atom. The van der Waals surface area contributed by atoms with Crippen LogP contribution in [-0.4, -0.2) is 20.4 Å². The number of hydrogen-bond acceptors (Lipinski definition) is 4. The normalized spacial score (nSPS) is 10.9. The number of pyridine rings is 3. The van der Waals surface area contributed by atoms with E-state index in [1.165, 1.54) is 10.6 Å². The largest absolute Gasteiger partial charge is 0.346 e. The van der Waals surface area contributed by atoms with Crippen molar-refractivity contribution in [3.63, 3.8) is 0 Å². The van der Waals surface area contributed by atoms with Crippen molar-refractivity contribution in [2.45, 2.75) is 20.0 Å². The van der Waals surface area contributed by atoms with Crippen molar-refractivity contribution in [2.24, 2.45) is 0 Å². The Labute approximate surface area is 172 Å². The molecule has 0 unspecified atom stereocenters. The number of aromatic nitrogens is 3. The molecule has 0 saturated heterocycles. The number of carbonyl (C=O) groups is 1. The highest BCUT2D eigenvalue weighted by Gasteiger charge is 2.14. The third-order valence-electron chi connectivity index (χ3n) is 4.85. The van der Waals surface area contributed by atoms with E-state index in [0.29, 0.717) is 27.7 Å². The monoisotopic (exact) mass is 402 g/mol. The van der Waals surface area contributed by atoms with Crippen molar-refractivity contribution in [1.82, 2.24) is 19.9 Å². The molecule has 0 spiro atoms. The Kier molecular flexibility index (Phi) is 5.34. The van der Waals surface area contributed by atoms with E-state index >= 15 is 0 Å². The summed E-state index contributed by atoms with van der Waals surface area (Å²) >= 11 is 0. The third-order valence-corrected chi connectivity index (χ3v) is 4.85. The number of nitrogens with zero attached hydrogens (tertiary/aromatic N) is 3. The van der Waals surface area contributed by atoms with Crippen LogP contribution >= 0.6 is 0 Å². The highest BCUT2D eigenvalue weighted by molar-refractivity contribution is 5.98. The summed E-state index contributed by atoms with van der Waals surface area (Å²) < 4.78 is 15.4. The Bertz CT molecular complexity index is 1290. The quantitative estimate of drug-likeness (QED) is 0.556. The Morgan fingerprint density at radius 2 is 1.93 bits per heavy atom. The summed E-state index contributed by atoms with van der Waals surface area (Å²) in [5.74, 6) is -0.711. The van der Waals surface area contributed by atoms with Gasteiger partial charge in [-0.3, -0.25) is 19.6 Å². The van der Waals surface area contributed by atoms with Gasteiger partial charge in [-0.05, 0) is 37.3 Å². The molecule has 0 saturated carbocycles. The molecule has 3 heterocycles. The number of carbonyl (C=O) groups excluding carboxylic acids is 1. The van der Waals surface area contributed by atoms with Gasteiger partial charge >= 0.3 is 0 Å². The summed E-state index contributed by atoms with van der Waals surface area (Å²) in [6, 6.07) is 15.0. The number of halogens is 1. The van der Waals surface area contributed by atoms with Crippen molar-refractivity contribution < 1.29 is 9.18 Å². The van der Waals surface area contributed by atoms with Gasteiger partial charge < -0.3 is 9.88 Å². The molecule has 0 aliphatic rings. The SMILES string of the molecule is Cc1nc2ccn(Cc3ccccc3F)c(=O)c2cc1C(=O)NCc1ccccn1. The minimum absolute atomic E-state index is 0.0938. The molecular formula is C23H19FN4O2. The first-order valence-electron chi connectivity index (χ1n) is 9.45. The predicted octanol–water partition coefficient (Wildman–Crippen LogP) is 3.22. The van der Waals surface area contributed by atoms with E-state index in [1.54, 1.807) is 55.7 Å². The van der Waals surface area contributed by atoms with Crippen LogP contribution in [0.5, 0.6) is 0 Å². The Hall–Kier alpha value is -3.87. The fourth-order valence-electron chi connectivity index (χ4n) is 3.24. The molecule has 1 aromatic carbocycles. The van der Waals surface area contributed by atoms with E-state index in [-0.39, 0.29) is 30.4 Å². The fourth-order valence-corrected chi connectivity index (χ4v) is 3.24. The number of benzene rings is 1. The van der Waals surface area contributed by atoms with E-state index < -0.39 is 0 Å². The summed E-state index contributed by atoms with van der Waals surface area (Å²) in [5.41, 5.74) is 2.13. The number of aryl methyl sites for hydroxylation is 1. The smallest absolute Gasteiger partial charge is 0.260 e. The van der Waals surface area contributed by atoms with Gasteiger partial charge in [0.1, 0.15) is 5.82 Å². The third kappa shape index (κ3) is 3.96. The van der Waals surface area contributed by atoms with Crippen molar-refractivity contribution >= 4 is 16.8 Å². The van der Waals surface area contributed by atoms with Crippen LogP contribution in [0.25, 0.3) is 10.9 Å². The standard InChI is InChI=1S/C23H19FN4O2/c1-15-18(22(29)26-13-17-7-4-5-10-25-17)12-19-21(27-15)9-11-28(23(19)30)14-16-6-2-3-8-20(16)24/h2-12H,13-14H2,1H3,(H,26,29). The predicted molar refractivity (Wildman–Crippen MR) is 112 cm³/mol. The van der Waals surface area contributed by atoms with Gasteiger partial charge in [0.25, 0.3) is 11.5 Å². The van der Waals surface area contributed by atoms with Crippen LogP contribution < -0.4 is 10.9 Å². The lowest BCUT2D eigenvalue weighted by Gasteiger charge is -2.11. The number of nitrogens with one attached hydrogen (secondary N) is 1. The molecule has 0 atom stereocenters. The second-order valence-corrected chi connectivity index (χ2v) is 6.90. The molecule has 0 fully saturated rings. The van der Waals surface area contributed by atoms with Crippen LogP contribution in [-0.2, 0) is 13.1 Å². The van der Waals surface area contributed by atoms with E-state index in [4.69, 9.17) is 0 Å². The molecule has 3 aromatic heterocycles. The molecule has 0 aliphatic heterocycles. The maximum absolute atomic E-state index is 14.0. The molecule has 4 aromatic rings. The first kappa shape index (κ1) is 19.4. The highest BCUT2D eigenvalue weighted by Crippen LogP contribution is 2.15. The fraction of sp³-hybridized carbons (Fsp3) is 0.130.